The van der Waals surface area contributed by atoms with Gasteiger partial charge in [0.15, 0.2) is 6.61 Å². The number of amides is 1. The zero-order valence-corrected chi connectivity index (χ0v) is 17.2. The lowest BCUT2D eigenvalue weighted by atomic mass is 10.1. The second-order valence-corrected chi connectivity index (χ2v) is 8.64. The lowest BCUT2D eigenvalue weighted by Gasteiger charge is -2.29. The Balaban J connectivity index is 1.71. The number of nitrogens with one attached hydrogen (secondary N) is 1. The van der Waals surface area contributed by atoms with Crippen molar-refractivity contribution in [3.63, 3.8) is 0 Å². The van der Waals surface area contributed by atoms with Gasteiger partial charge in [0, 0.05) is 23.6 Å². The molecular formula is C19H24N2O6S. The van der Waals surface area contributed by atoms with Crippen LogP contribution in [0.2, 0.25) is 0 Å². The van der Waals surface area contributed by atoms with Gasteiger partial charge in [0.2, 0.25) is 11.7 Å². The third-order valence-corrected chi connectivity index (χ3v) is 6.70. The van der Waals surface area contributed by atoms with E-state index in [1.165, 1.54) is 0 Å². The van der Waals surface area contributed by atoms with Crippen LogP contribution in [-0.2, 0) is 19.1 Å². The number of esters is 2. The summed E-state index contributed by atoms with van der Waals surface area (Å²) in [5.41, 5.74) is 1.38. The van der Waals surface area contributed by atoms with E-state index in [2.05, 4.69) is 4.98 Å². The van der Waals surface area contributed by atoms with Crippen molar-refractivity contribution in [3.05, 3.63) is 22.5 Å². The first-order chi connectivity index (χ1) is 13.2. The van der Waals surface area contributed by atoms with Gasteiger partial charge >= 0.3 is 11.9 Å². The molecule has 28 heavy (non-hydrogen) atoms. The molecule has 0 unspecified atom stereocenters. The van der Waals surface area contributed by atoms with E-state index in [9.17, 15) is 19.2 Å². The number of aryl methyl sites for hydroxylation is 2. The molecule has 9 heteroatoms. The van der Waals surface area contributed by atoms with Gasteiger partial charge in [-0.15, -0.1) is 11.8 Å². The molecule has 3 rings (SSSR count). The van der Waals surface area contributed by atoms with Crippen LogP contribution in [0.5, 0.6) is 0 Å². The Morgan fingerprint density at radius 1 is 1.21 bits per heavy atom. The number of nitrogens with zero attached hydrogens (tertiary/aromatic N) is 1. The number of Topliss-reactive ketones (excluding diaryl/α,β-unsaturated/α-hetero) is 1. The molecule has 1 aromatic heterocycles. The van der Waals surface area contributed by atoms with E-state index in [0.29, 0.717) is 30.0 Å². The van der Waals surface area contributed by atoms with Crippen LogP contribution >= 0.6 is 11.8 Å². The van der Waals surface area contributed by atoms with E-state index < -0.39 is 30.4 Å². The summed E-state index contributed by atoms with van der Waals surface area (Å²) >= 11 is 1.56. The maximum atomic E-state index is 12.7. The smallest absolute Gasteiger partial charge is 0.340 e. The molecule has 3 heterocycles. The first-order valence-electron chi connectivity index (χ1n) is 9.21. The van der Waals surface area contributed by atoms with Crippen LogP contribution < -0.4 is 0 Å². The highest BCUT2D eigenvalue weighted by molar-refractivity contribution is 8.01. The van der Waals surface area contributed by atoms with Crippen molar-refractivity contribution < 1.29 is 28.7 Å². The van der Waals surface area contributed by atoms with Crippen molar-refractivity contribution in [1.82, 2.24) is 9.88 Å². The molecule has 8 nitrogen and oxygen atoms in total. The minimum Gasteiger partial charge on any atom is -0.462 e. The first kappa shape index (κ1) is 20.4. The number of hydrogen-bond donors (Lipinski definition) is 1. The molecule has 2 atom stereocenters. The maximum Gasteiger partial charge on any atom is 0.340 e. The van der Waals surface area contributed by atoms with Crippen LogP contribution in [0.3, 0.4) is 0 Å². The van der Waals surface area contributed by atoms with Crippen molar-refractivity contribution >= 4 is 35.4 Å². The van der Waals surface area contributed by atoms with Crippen molar-refractivity contribution in [2.24, 2.45) is 0 Å². The molecule has 2 fully saturated rings. The van der Waals surface area contributed by atoms with E-state index in [4.69, 9.17) is 9.47 Å². The second kappa shape index (κ2) is 7.62. The van der Waals surface area contributed by atoms with Crippen LogP contribution in [0.1, 0.15) is 58.8 Å². The molecule has 152 valence electrons. The molecule has 1 amide bonds. The fourth-order valence-electron chi connectivity index (χ4n) is 3.89. The lowest BCUT2D eigenvalue weighted by Crippen LogP contribution is -2.46. The fourth-order valence-corrected chi connectivity index (χ4v) is 5.31. The summed E-state index contributed by atoms with van der Waals surface area (Å²) in [7, 11) is 0. The van der Waals surface area contributed by atoms with Gasteiger partial charge in [-0.05, 0) is 34.1 Å². The number of thioether (sulfide) groups is 1. The molecule has 1 aromatic rings. The zero-order chi connectivity index (χ0) is 20.6. The van der Waals surface area contributed by atoms with Crippen LogP contribution in [0, 0.1) is 13.8 Å². The predicted molar refractivity (Wildman–Crippen MR) is 102 cm³/mol. The second-order valence-electron chi connectivity index (χ2n) is 7.14. The molecule has 0 saturated carbocycles. The number of hydrogen-bond acceptors (Lipinski definition) is 7. The highest BCUT2D eigenvalue weighted by atomic mass is 32.2. The van der Waals surface area contributed by atoms with Crippen molar-refractivity contribution in [3.8, 4) is 0 Å². The van der Waals surface area contributed by atoms with E-state index in [0.717, 1.165) is 0 Å². The topological polar surface area (TPSA) is 106 Å². The van der Waals surface area contributed by atoms with Gasteiger partial charge in [0.05, 0.1) is 22.6 Å². The molecular weight excluding hydrogens is 384 g/mol. The van der Waals surface area contributed by atoms with Gasteiger partial charge in [-0.3, -0.25) is 9.59 Å². The Kier molecular flexibility index (Phi) is 5.56. The van der Waals surface area contributed by atoms with Crippen molar-refractivity contribution in [2.45, 2.75) is 51.4 Å². The maximum absolute atomic E-state index is 12.7. The summed E-state index contributed by atoms with van der Waals surface area (Å²) < 4.78 is 10.3. The predicted octanol–water partition coefficient (Wildman–Crippen LogP) is 1.99. The Labute approximate surface area is 167 Å². The fraction of sp³-hybridized carbons (Fsp3) is 0.579. The summed E-state index contributed by atoms with van der Waals surface area (Å²) in [5, 5.41) is 0. The molecule has 0 spiro atoms. The van der Waals surface area contributed by atoms with Crippen LogP contribution in [0.15, 0.2) is 0 Å². The quantitative estimate of drug-likeness (QED) is 0.567. The average molecular weight is 408 g/mol. The highest BCUT2D eigenvalue weighted by Gasteiger charge is 2.53. The number of fused-ring (bicyclic) bond motifs is 1. The number of ether oxygens (including phenoxy) is 2. The number of H-pyrrole nitrogens is 1. The Morgan fingerprint density at radius 2 is 1.89 bits per heavy atom. The van der Waals surface area contributed by atoms with E-state index in [-0.39, 0.29) is 28.5 Å². The molecule has 0 bridgehead atoms. The molecule has 2 saturated heterocycles. The summed E-state index contributed by atoms with van der Waals surface area (Å²) in [6.45, 7) is 6.67. The van der Waals surface area contributed by atoms with E-state index >= 15 is 0 Å². The van der Waals surface area contributed by atoms with Crippen molar-refractivity contribution in [1.29, 1.82) is 0 Å². The number of aromatic amines is 1. The number of carbonyl (C=O) groups excluding carboxylic acids is 4. The van der Waals surface area contributed by atoms with E-state index in [1.54, 1.807) is 37.4 Å². The monoisotopic (exact) mass is 408 g/mol. The van der Waals surface area contributed by atoms with Crippen LogP contribution in [0.4, 0.5) is 0 Å². The SMILES string of the molecule is CCOC(=O)c1c(C)[nH]c(C)c1C(=O)COC(=O)[C@H]1CS[C@]2(C)CCC(=O)N12. The Bertz CT molecular complexity index is 848. The van der Waals surface area contributed by atoms with Crippen molar-refractivity contribution in [2.75, 3.05) is 19.0 Å². The molecule has 0 radical (unpaired) electrons. The summed E-state index contributed by atoms with van der Waals surface area (Å²) in [5.74, 6) is -1.29. The molecule has 0 aliphatic carbocycles. The molecule has 2 aliphatic heterocycles. The number of carbonyl (C=O) groups is 4. The third kappa shape index (κ3) is 3.43. The summed E-state index contributed by atoms with van der Waals surface area (Å²) in [4.78, 5) is 53.7. The Hall–Kier alpha value is -2.29. The van der Waals surface area contributed by atoms with Gasteiger partial charge in [0.1, 0.15) is 6.04 Å². The first-order valence-corrected chi connectivity index (χ1v) is 10.2. The third-order valence-electron chi connectivity index (χ3n) is 5.20. The summed E-state index contributed by atoms with van der Waals surface area (Å²) in [6, 6.07) is -0.684. The molecule has 0 aromatic carbocycles. The van der Waals surface area contributed by atoms with Gasteiger partial charge in [-0.25, -0.2) is 9.59 Å². The van der Waals surface area contributed by atoms with Crippen LogP contribution in [-0.4, -0.2) is 63.4 Å². The van der Waals surface area contributed by atoms with Gasteiger partial charge in [0.25, 0.3) is 0 Å². The minimum absolute atomic E-state index is 0.0672. The standard InChI is InChI=1S/C19H24N2O6S/c1-5-26-18(25)16-11(3)20-10(2)15(16)13(22)8-27-17(24)12-9-28-19(4)7-6-14(23)21(12)19/h12,20H,5-9H2,1-4H3/t12-,19-/m1/s1. The minimum atomic E-state index is -0.684. The largest absolute Gasteiger partial charge is 0.462 e. The normalized spacial score (nSPS) is 23.6. The molecule has 2 aliphatic rings. The zero-order valence-electron chi connectivity index (χ0n) is 16.4. The molecule has 1 N–H and O–H groups in total. The Morgan fingerprint density at radius 3 is 2.57 bits per heavy atom. The van der Waals surface area contributed by atoms with Crippen LogP contribution in [0.25, 0.3) is 0 Å². The number of rotatable bonds is 6. The average Bonchev–Trinajstić information content (AvgIpc) is 3.23. The highest BCUT2D eigenvalue weighted by Crippen LogP contribution is 2.47. The lowest BCUT2D eigenvalue weighted by molar-refractivity contribution is -0.152. The number of ketones is 1. The summed E-state index contributed by atoms with van der Waals surface area (Å²) in [6.07, 6.45) is 1.11. The van der Waals surface area contributed by atoms with Gasteiger partial charge in [-0.1, -0.05) is 0 Å². The van der Waals surface area contributed by atoms with E-state index in [1.807, 2.05) is 6.92 Å². The van der Waals surface area contributed by atoms with Gasteiger partial charge in [-0.2, -0.15) is 0 Å². The van der Waals surface area contributed by atoms with Gasteiger partial charge < -0.3 is 19.4 Å². The number of aromatic nitrogens is 1.